The van der Waals surface area contributed by atoms with Crippen molar-refractivity contribution >= 4 is 17.6 Å². The van der Waals surface area contributed by atoms with E-state index >= 15 is 0 Å². The van der Waals surface area contributed by atoms with Crippen LogP contribution < -0.4 is 21.3 Å². The van der Waals surface area contributed by atoms with E-state index in [1.165, 1.54) is 5.56 Å². The topological polar surface area (TPSA) is 87.5 Å². The Morgan fingerprint density at radius 2 is 1.81 bits per heavy atom. The van der Waals surface area contributed by atoms with Gasteiger partial charge >= 0.3 is 6.03 Å². The van der Waals surface area contributed by atoms with Crippen LogP contribution >= 0.6 is 0 Å². The van der Waals surface area contributed by atoms with Crippen molar-refractivity contribution in [1.29, 1.82) is 0 Å². The lowest BCUT2D eigenvalue weighted by Crippen LogP contribution is -2.35. The maximum absolute atomic E-state index is 12.3. The summed E-state index contributed by atoms with van der Waals surface area (Å²) in [6, 6.07) is 14.9. The molecular weight excluding hydrogens is 328 g/mol. The minimum absolute atomic E-state index is 0.111. The fourth-order valence-electron chi connectivity index (χ4n) is 2.66. The number of hydrogen-bond donors (Lipinski definition) is 3. The number of nitrogens with one attached hydrogen (secondary N) is 2. The van der Waals surface area contributed by atoms with Gasteiger partial charge in [-0.25, -0.2) is 4.79 Å². The highest BCUT2D eigenvalue weighted by molar-refractivity contribution is 5.94. The molecule has 2 rings (SSSR count). The van der Waals surface area contributed by atoms with Crippen molar-refractivity contribution < 1.29 is 9.59 Å². The second kappa shape index (κ2) is 9.46. The number of rotatable bonds is 8. The maximum Gasteiger partial charge on any atom is 0.312 e. The molecule has 26 heavy (non-hydrogen) atoms. The van der Waals surface area contributed by atoms with E-state index in [1.807, 2.05) is 6.07 Å². The molecular formula is C20H26N4O2. The quantitative estimate of drug-likeness (QED) is 0.680. The molecule has 3 amide bonds. The molecule has 0 aromatic heterocycles. The van der Waals surface area contributed by atoms with Crippen molar-refractivity contribution in [3.05, 3.63) is 65.2 Å². The van der Waals surface area contributed by atoms with Crippen LogP contribution in [0.1, 0.15) is 28.4 Å². The molecule has 6 nitrogen and oxygen atoms in total. The lowest BCUT2D eigenvalue weighted by atomic mass is 10.1. The Morgan fingerprint density at radius 3 is 2.42 bits per heavy atom. The monoisotopic (exact) mass is 354 g/mol. The van der Waals surface area contributed by atoms with Gasteiger partial charge in [0.2, 0.25) is 0 Å². The summed E-state index contributed by atoms with van der Waals surface area (Å²) in [7, 11) is 0. The van der Waals surface area contributed by atoms with Crippen molar-refractivity contribution in [3.8, 4) is 0 Å². The summed E-state index contributed by atoms with van der Waals surface area (Å²) >= 11 is 0. The van der Waals surface area contributed by atoms with Crippen molar-refractivity contribution in [2.75, 3.05) is 24.5 Å². The molecule has 0 heterocycles. The molecule has 138 valence electrons. The Bertz CT molecular complexity index is 744. The number of hydrogen-bond acceptors (Lipinski definition) is 3. The van der Waals surface area contributed by atoms with Crippen LogP contribution in [-0.2, 0) is 6.54 Å². The summed E-state index contributed by atoms with van der Waals surface area (Å²) in [5, 5.41) is 5.46. The maximum atomic E-state index is 12.3. The Kier molecular flexibility index (Phi) is 7.02. The number of aryl methyl sites for hydroxylation is 1. The molecule has 0 aliphatic carbocycles. The van der Waals surface area contributed by atoms with Crippen LogP contribution in [0.25, 0.3) is 0 Å². The summed E-state index contributed by atoms with van der Waals surface area (Å²) in [6.45, 7) is 6.70. The summed E-state index contributed by atoms with van der Waals surface area (Å²) < 4.78 is 0. The van der Waals surface area contributed by atoms with Crippen LogP contribution in [-0.4, -0.2) is 31.6 Å². The van der Waals surface area contributed by atoms with Gasteiger partial charge in [0.05, 0.1) is 0 Å². The summed E-state index contributed by atoms with van der Waals surface area (Å²) in [4.78, 5) is 25.2. The Morgan fingerprint density at radius 1 is 1.08 bits per heavy atom. The molecule has 0 saturated carbocycles. The highest BCUT2D eigenvalue weighted by atomic mass is 16.2. The Balaban J connectivity index is 1.84. The standard InChI is InChI=1S/C20H26N4O2/c1-3-24(18-6-4-5-15(2)13-18)12-11-22-19(25)17-9-7-16(8-10-17)14-23-20(21)26/h4-10,13H,3,11-12,14H2,1-2H3,(H,22,25)(H3,21,23,26). The van der Waals surface area contributed by atoms with Crippen molar-refractivity contribution in [2.24, 2.45) is 5.73 Å². The summed E-state index contributed by atoms with van der Waals surface area (Å²) in [6.07, 6.45) is 0. The number of benzene rings is 2. The van der Waals surface area contributed by atoms with Gasteiger partial charge in [0.15, 0.2) is 0 Å². The van der Waals surface area contributed by atoms with Crippen LogP contribution in [0.5, 0.6) is 0 Å². The van der Waals surface area contributed by atoms with E-state index in [4.69, 9.17) is 5.73 Å². The molecule has 2 aromatic rings. The third kappa shape index (κ3) is 5.81. The highest BCUT2D eigenvalue weighted by Crippen LogP contribution is 2.15. The molecule has 2 aromatic carbocycles. The molecule has 0 unspecified atom stereocenters. The SMILES string of the molecule is CCN(CCNC(=O)c1ccc(CNC(N)=O)cc1)c1cccc(C)c1. The zero-order valence-electron chi connectivity index (χ0n) is 15.3. The molecule has 0 aliphatic heterocycles. The Labute approximate surface area is 154 Å². The van der Waals surface area contributed by atoms with E-state index in [0.717, 1.165) is 24.3 Å². The van der Waals surface area contributed by atoms with Gasteiger partial charge in [0.1, 0.15) is 0 Å². The number of carbonyl (C=O) groups is 2. The first kappa shape index (κ1) is 19.3. The molecule has 0 bridgehead atoms. The molecule has 0 atom stereocenters. The second-order valence-electron chi connectivity index (χ2n) is 6.09. The summed E-state index contributed by atoms with van der Waals surface area (Å²) in [5.74, 6) is -0.111. The van der Waals surface area contributed by atoms with Crippen LogP contribution in [0.2, 0.25) is 0 Å². The van der Waals surface area contributed by atoms with Gasteiger partial charge in [-0.15, -0.1) is 0 Å². The predicted octanol–water partition coefficient (Wildman–Crippen LogP) is 2.42. The average molecular weight is 354 g/mol. The van der Waals surface area contributed by atoms with Gasteiger partial charge in [-0.3, -0.25) is 4.79 Å². The van der Waals surface area contributed by atoms with Crippen LogP contribution in [0, 0.1) is 6.92 Å². The normalized spacial score (nSPS) is 10.2. The molecule has 0 spiro atoms. The predicted molar refractivity (Wildman–Crippen MR) is 104 cm³/mol. The van der Waals surface area contributed by atoms with Crippen LogP contribution in [0.4, 0.5) is 10.5 Å². The van der Waals surface area contributed by atoms with Gasteiger partial charge in [0.25, 0.3) is 5.91 Å². The number of nitrogens with two attached hydrogens (primary N) is 1. The highest BCUT2D eigenvalue weighted by Gasteiger charge is 2.08. The molecule has 0 fully saturated rings. The van der Waals surface area contributed by atoms with E-state index in [-0.39, 0.29) is 5.91 Å². The number of nitrogens with zero attached hydrogens (tertiary/aromatic N) is 1. The fraction of sp³-hybridized carbons (Fsp3) is 0.300. The largest absolute Gasteiger partial charge is 0.370 e. The van der Waals surface area contributed by atoms with Crippen LogP contribution in [0.3, 0.4) is 0 Å². The van der Waals surface area contributed by atoms with Crippen molar-refractivity contribution in [3.63, 3.8) is 0 Å². The first-order valence-electron chi connectivity index (χ1n) is 8.71. The van der Waals surface area contributed by atoms with Gasteiger partial charge in [0, 0.05) is 37.4 Å². The molecule has 0 saturated heterocycles. The molecule has 6 heteroatoms. The first-order chi connectivity index (χ1) is 12.5. The lowest BCUT2D eigenvalue weighted by molar-refractivity contribution is 0.0954. The number of primary amides is 1. The molecule has 0 radical (unpaired) electrons. The third-order valence-electron chi connectivity index (χ3n) is 4.10. The first-order valence-corrected chi connectivity index (χ1v) is 8.71. The third-order valence-corrected chi connectivity index (χ3v) is 4.10. The number of anilines is 1. The van der Waals surface area contributed by atoms with Gasteiger partial charge in [-0.1, -0.05) is 24.3 Å². The van der Waals surface area contributed by atoms with Crippen molar-refractivity contribution in [2.45, 2.75) is 20.4 Å². The zero-order chi connectivity index (χ0) is 18.9. The number of likely N-dealkylation sites (N-methyl/N-ethyl adjacent to an activating group) is 1. The van der Waals surface area contributed by atoms with Gasteiger partial charge in [-0.05, 0) is 49.2 Å². The number of carbonyl (C=O) groups excluding carboxylic acids is 2. The van der Waals surface area contributed by atoms with Crippen LogP contribution in [0.15, 0.2) is 48.5 Å². The van der Waals surface area contributed by atoms with E-state index < -0.39 is 6.03 Å². The molecule has 4 N–H and O–H groups in total. The lowest BCUT2D eigenvalue weighted by Gasteiger charge is -2.23. The number of urea groups is 1. The van der Waals surface area contributed by atoms with Gasteiger partial charge < -0.3 is 21.3 Å². The minimum Gasteiger partial charge on any atom is -0.370 e. The van der Waals surface area contributed by atoms with E-state index in [1.54, 1.807) is 24.3 Å². The number of amides is 3. The van der Waals surface area contributed by atoms with E-state index in [9.17, 15) is 9.59 Å². The van der Waals surface area contributed by atoms with Gasteiger partial charge in [-0.2, -0.15) is 0 Å². The fourth-order valence-corrected chi connectivity index (χ4v) is 2.66. The summed E-state index contributed by atoms with van der Waals surface area (Å²) in [5.41, 5.74) is 8.90. The van der Waals surface area contributed by atoms with E-state index in [2.05, 4.69) is 47.6 Å². The second-order valence-corrected chi connectivity index (χ2v) is 6.09. The Hall–Kier alpha value is -3.02. The minimum atomic E-state index is -0.569. The average Bonchev–Trinajstić information content (AvgIpc) is 2.63. The van der Waals surface area contributed by atoms with Crippen molar-refractivity contribution in [1.82, 2.24) is 10.6 Å². The van der Waals surface area contributed by atoms with E-state index in [0.29, 0.717) is 18.7 Å². The smallest absolute Gasteiger partial charge is 0.312 e. The zero-order valence-corrected chi connectivity index (χ0v) is 15.3. The molecule has 0 aliphatic rings.